The van der Waals surface area contributed by atoms with Crippen LogP contribution in [0.2, 0.25) is 0 Å². The lowest BCUT2D eigenvalue weighted by Crippen LogP contribution is -2.39. The molecule has 3 aromatic carbocycles. The number of hydrogen-bond donors (Lipinski definition) is 1. The highest BCUT2D eigenvalue weighted by Crippen LogP contribution is 2.36. The van der Waals surface area contributed by atoms with Crippen molar-refractivity contribution in [2.75, 3.05) is 13.1 Å². The lowest BCUT2D eigenvalue weighted by molar-refractivity contribution is -0.143. The van der Waals surface area contributed by atoms with Crippen LogP contribution in [0.1, 0.15) is 30.0 Å². The molecule has 0 aromatic heterocycles. The molecule has 0 saturated carbocycles. The predicted octanol–water partition coefficient (Wildman–Crippen LogP) is 5.49. The summed E-state index contributed by atoms with van der Waals surface area (Å²) < 4.78 is 1.06. The van der Waals surface area contributed by atoms with Gasteiger partial charge in [0.2, 0.25) is 0 Å². The van der Waals surface area contributed by atoms with E-state index < -0.39 is 5.97 Å². The van der Waals surface area contributed by atoms with Gasteiger partial charge >= 0.3 is 5.97 Å². The van der Waals surface area contributed by atoms with E-state index in [1.165, 1.54) is 21.9 Å². The summed E-state index contributed by atoms with van der Waals surface area (Å²) in [6, 6.07) is 23.5. The summed E-state index contributed by atoms with van der Waals surface area (Å²) in [6.45, 7) is 1.58. The zero-order chi connectivity index (χ0) is 18.8. The Labute approximate surface area is 167 Å². The van der Waals surface area contributed by atoms with Gasteiger partial charge in [-0.25, -0.2) is 0 Å². The first-order valence-corrected chi connectivity index (χ1v) is 10.1. The molecule has 4 heteroatoms. The zero-order valence-electron chi connectivity index (χ0n) is 15.0. The highest BCUT2D eigenvalue weighted by molar-refractivity contribution is 9.10. The normalized spacial score (nSPS) is 17.1. The monoisotopic (exact) mass is 423 g/mol. The number of benzene rings is 3. The SMILES string of the molecule is O=C(O)C1CCN(C(c2cccc(Br)c2)c2cccc3ccccc23)CC1. The molecule has 1 aliphatic rings. The lowest BCUT2D eigenvalue weighted by Gasteiger charge is -2.37. The number of rotatable bonds is 4. The fourth-order valence-corrected chi connectivity index (χ4v) is 4.57. The number of nitrogens with zero attached hydrogens (tertiary/aromatic N) is 1. The van der Waals surface area contributed by atoms with Crippen LogP contribution in [0.4, 0.5) is 0 Å². The number of likely N-dealkylation sites (tertiary alicyclic amines) is 1. The Bertz CT molecular complexity index is 958. The van der Waals surface area contributed by atoms with E-state index in [-0.39, 0.29) is 12.0 Å². The molecular weight excluding hydrogens is 402 g/mol. The number of carboxylic acid groups (broad SMARTS) is 1. The van der Waals surface area contributed by atoms with Crippen LogP contribution in [-0.4, -0.2) is 29.1 Å². The number of carbonyl (C=O) groups is 1. The summed E-state index contributed by atoms with van der Waals surface area (Å²) in [5.41, 5.74) is 2.51. The van der Waals surface area contributed by atoms with Gasteiger partial charge in [-0.1, -0.05) is 70.5 Å². The molecular formula is C23H22BrNO2. The third-order valence-electron chi connectivity index (χ3n) is 5.53. The van der Waals surface area contributed by atoms with Crippen LogP contribution in [-0.2, 0) is 4.79 Å². The van der Waals surface area contributed by atoms with Crippen molar-refractivity contribution in [3.63, 3.8) is 0 Å². The molecule has 1 N–H and O–H groups in total. The molecule has 138 valence electrons. The maximum atomic E-state index is 11.4. The van der Waals surface area contributed by atoms with E-state index in [2.05, 4.69) is 81.5 Å². The van der Waals surface area contributed by atoms with Gasteiger partial charge in [0, 0.05) is 4.47 Å². The van der Waals surface area contributed by atoms with Crippen LogP contribution in [0.3, 0.4) is 0 Å². The molecule has 3 aromatic rings. The molecule has 1 atom stereocenters. The van der Waals surface area contributed by atoms with Crippen LogP contribution in [0.5, 0.6) is 0 Å². The minimum atomic E-state index is -0.668. The van der Waals surface area contributed by atoms with Crippen molar-refractivity contribution in [1.82, 2.24) is 4.90 Å². The van der Waals surface area contributed by atoms with E-state index in [1.807, 2.05) is 6.07 Å². The van der Waals surface area contributed by atoms with Crippen molar-refractivity contribution in [2.45, 2.75) is 18.9 Å². The second-order valence-electron chi connectivity index (χ2n) is 7.17. The third kappa shape index (κ3) is 3.78. The maximum Gasteiger partial charge on any atom is 0.306 e. The Kier molecular flexibility index (Phi) is 5.28. The molecule has 3 nitrogen and oxygen atoms in total. The van der Waals surface area contributed by atoms with Gasteiger partial charge in [-0.2, -0.15) is 0 Å². The Morgan fingerprint density at radius 2 is 1.70 bits per heavy atom. The third-order valence-corrected chi connectivity index (χ3v) is 6.02. The fourth-order valence-electron chi connectivity index (χ4n) is 4.16. The van der Waals surface area contributed by atoms with E-state index >= 15 is 0 Å². The Morgan fingerprint density at radius 3 is 2.44 bits per heavy atom. The van der Waals surface area contributed by atoms with Crippen LogP contribution in [0.25, 0.3) is 10.8 Å². The van der Waals surface area contributed by atoms with E-state index in [9.17, 15) is 9.90 Å². The number of fused-ring (bicyclic) bond motifs is 1. The van der Waals surface area contributed by atoms with Gasteiger partial charge in [0.15, 0.2) is 0 Å². The minimum Gasteiger partial charge on any atom is -0.481 e. The minimum absolute atomic E-state index is 0.114. The molecule has 0 amide bonds. The van der Waals surface area contributed by atoms with Gasteiger partial charge in [0.05, 0.1) is 12.0 Å². The molecule has 0 spiro atoms. The number of carboxylic acids is 1. The molecule has 1 aliphatic heterocycles. The highest BCUT2D eigenvalue weighted by Gasteiger charge is 2.30. The fraction of sp³-hybridized carbons (Fsp3) is 0.261. The second-order valence-corrected chi connectivity index (χ2v) is 8.09. The smallest absolute Gasteiger partial charge is 0.306 e. The molecule has 1 fully saturated rings. The highest BCUT2D eigenvalue weighted by atomic mass is 79.9. The van der Waals surface area contributed by atoms with Gasteiger partial charge in [-0.3, -0.25) is 9.69 Å². The number of aliphatic carboxylic acids is 1. The molecule has 4 rings (SSSR count). The van der Waals surface area contributed by atoms with Gasteiger partial charge in [0.1, 0.15) is 0 Å². The predicted molar refractivity (Wildman–Crippen MR) is 112 cm³/mol. The first-order chi connectivity index (χ1) is 13.1. The molecule has 27 heavy (non-hydrogen) atoms. The van der Waals surface area contributed by atoms with Crippen LogP contribution in [0.15, 0.2) is 71.2 Å². The number of hydrogen-bond acceptors (Lipinski definition) is 2. The van der Waals surface area contributed by atoms with Crippen molar-refractivity contribution in [2.24, 2.45) is 5.92 Å². The molecule has 1 heterocycles. The average molecular weight is 424 g/mol. The standard InChI is InChI=1S/C23H22BrNO2/c24-19-8-3-7-18(15-19)22(25-13-11-17(12-14-25)23(26)27)21-10-4-6-16-5-1-2-9-20(16)21/h1-10,15,17,22H,11-14H2,(H,26,27). The maximum absolute atomic E-state index is 11.4. The van der Waals surface area contributed by atoms with Gasteiger partial charge in [-0.15, -0.1) is 0 Å². The summed E-state index contributed by atoms with van der Waals surface area (Å²) in [7, 11) is 0. The molecule has 1 saturated heterocycles. The van der Waals surface area contributed by atoms with E-state index in [0.29, 0.717) is 12.8 Å². The second kappa shape index (κ2) is 7.83. The van der Waals surface area contributed by atoms with Crippen LogP contribution < -0.4 is 0 Å². The number of halogens is 1. The summed E-state index contributed by atoms with van der Waals surface area (Å²) >= 11 is 3.61. The van der Waals surface area contributed by atoms with E-state index in [0.717, 1.165) is 17.6 Å². The molecule has 0 bridgehead atoms. The Morgan fingerprint density at radius 1 is 1.00 bits per heavy atom. The number of piperidine rings is 1. The van der Waals surface area contributed by atoms with Gasteiger partial charge < -0.3 is 5.11 Å². The Hall–Kier alpha value is -2.17. The van der Waals surface area contributed by atoms with Crippen LogP contribution in [0, 0.1) is 5.92 Å². The van der Waals surface area contributed by atoms with Crippen molar-refractivity contribution >= 4 is 32.7 Å². The quantitative estimate of drug-likeness (QED) is 0.602. The zero-order valence-corrected chi connectivity index (χ0v) is 16.6. The first kappa shape index (κ1) is 18.2. The lowest BCUT2D eigenvalue weighted by atomic mass is 9.89. The molecule has 1 unspecified atom stereocenters. The summed E-state index contributed by atoms with van der Waals surface area (Å²) in [4.78, 5) is 13.8. The largest absolute Gasteiger partial charge is 0.481 e. The summed E-state index contributed by atoms with van der Waals surface area (Å²) in [6.07, 6.45) is 1.40. The van der Waals surface area contributed by atoms with Crippen molar-refractivity contribution in [3.8, 4) is 0 Å². The molecule has 0 radical (unpaired) electrons. The van der Waals surface area contributed by atoms with E-state index in [1.54, 1.807) is 0 Å². The van der Waals surface area contributed by atoms with Crippen molar-refractivity contribution in [1.29, 1.82) is 0 Å². The molecule has 0 aliphatic carbocycles. The van der Waals surface area contributed by atoms with Gasteiger partial charge in [-0.05, 0) is 60.0 Å². The average Bonchev–Trinajstić information content (AvgIpc) is 2.69. The Balaban J connectivity index is 1.78. The first-order valence-electron chi connectivity index (χ1n) is 9.33. The van der Waals surface area contributed by atoms with Crippen LogP contribution >= 0.6 is 15.9 Å². The van der Waals surface area contributed by atoms with Gasteiger partial charge in [0.25, 0.3) is 0 Å². The topological polar surface area (TPSA) is 40.5 Å². The summed E-state index contributed by atoms with van der Waals surface area (Å²) in [5, 5.41) is 11.8. The van der Waals surface area contributed by atoms with E-state index in [4.69, 9.17) is 0 Å². The van der Waals surface area contributed by atoms with Crippen molar-refractivity contribution < 1.29 is 9.90 Å². The van der Waals surface area contributed by atoms with Crippen molar-refractivity contribution in [3.05, 3.63) is 82.3 Å². The summed E-state index contributed by atoms with van der Waals surface area (Å²) in [5.74, 6) is -0.893.